The molecule has 0 bridgehead atoms. The van der Waals surface area contributed by atoms with Crippen LogP contribution in [0.1, 0.15) is 24.3 Å². The molecule has 3 rings (SSSR count). The zero-order valence-electron chi connectivity index (χ0n) is 12.6. The lowest BCUT2D eigenvalue weighted by atomic mass is 9.89. The molecule has 0 saturated heterocycles. The first kappa shape index (κ1) is 15.0. The van der Waals surface area contributed by atoms with Crippen LogP contribution >= 0.6 is 0 Å². The molecule has 1 amide bonds. The predicted molar refractivity (Wildman–Crippen MR) is 83.5 cm³/mol. The Morgan fingerprint density at radius 2 is 2.17 bits per heavy atom. The standard InChI is InChI=1S/C17H16N2O4/c1-22-16-7-6-12(10-18-16)19-15(20)8-11-9-17(21)23-14-5-3-2-4-13(11)14/h2-7,10-11H,8-9H2,1H3,(H,19,20). The van der Waals surface area contributed by atoms with Crippen molar-refractivity contribution in [1.29, 1.82) is 0 Å². The number of carbonyl (C=O) groups is 2. The van der Waals surface area contributed by atoms with Crippen LogP contribution < -0.4 is 14.8 Å². The number of amides is 1. The van der Waals surface area contributed by atoms with Crippen molar-refractivity contribution < 1.29 is 19.1 Å². The summed E-state index contributed by atoms with van der Waals surface area (Å²) in [7, 11) is 1.53. The summed E-state index contributed by atoms with van der Waals surface area (Å²) in [5.74, 6) is 0.345. The van der Waals surface area contributed by atoms with Gasteiger partial charge in [-0.05, 0) is 17.7 Å². The Morgan fingerprint density at radius 1 is 1.35 bits per heavy atom. The first-order chi connectivity index (χ1) is 11.2. The largest absolute Gasteiger partial charge is 0.481 e. The molecule has 6 heteroatoms. The van der Waals surface area contributed by atoms with E-state index in [-0.39, 0.29) is 30.6 Å². The minimum atomic E-state index is -0.312. The fraction of sp³-hybridized carbons (Fsp3) is 0.235. The second-order valence-electron chi connectivity index (χ2n) is 5.25. The summed E-state index contributed by atoms with van der Waals surface area (Å²) in [6, 6.07) is 10.7. The van der Waals surface area contributed by atoms with E-state index in [4.69, 9.17) is 9.47 Å². The topological polar surface area (TPSA) is 77.5 Å². The highest BCUT2D eigenvalue weighted by molar-refractivity contribution is 5.92. The van der Waals surface area contributed by atoms with Crippen molar-refractivity contribution in [1.82, 2.24) is 4.98 Å². The third kappa shape index (κ3) is 3.48. The van der Waals surface area contributed by atoms with Gasteiger partial charge >= 0.3 is 5.97 Å². The molecule has 1 aromatic carbocycles. The van der Waals surface area contributed by atoms with Crippen LogP contribution in [0.15, 0.2) is 42.6 Å². The molecule has 1 N–H and O–H groups in total. The molecule has 0 saturated carbocycles. The number of pyridine rings is 1. The molecule has 118 valence electrons. The Balaban J connectivity index is 1.69. The van der Waals surface area contributed by atoms with E-state index in [9.17, 15) is 9.59 Å². The van der Waals surface area contributed by atoms with E-state index in [1.165, 1.54) is 13.3 Å². The van der Waals surface area contributed by atoms with Crippen LogP contribution in [-0.4, -0.2) is 24.0 Å². The lowest BCUT2D eigenvalue weighted by Gasteiger charge is -2.23. The summed E-state index contributed by atoms with van der Waals surface area (Å²) in [6.45, 7) is 0. The van der Waals surface area contributed by atoms with Crippen LogP contribution in [0.4, 0.5) is 5.69 Å². The average molecular weight is 312 g/mol. The van der Waals surface area contributed by atoms with E-state index in [0.29, 0.717) is 17.3 Å². The fourth-order valence-corrected chi connectivity index (χ4v) is 2.58. The minimum absolute atomic E-state index is 0.175. The maximum absolute atomic E-state index is 12.2. The van der Waals surface area contributed by atoms with Gasteiger partial charge in [-0.3, -0.25) is 9.59 Å². The molecule has 0 fully saturated rings. The predicted octanol–water partition coefficient (Wildman–Crippen LogP) is 2.51. The molecule has 23 heavy (non-hydrogen) atoms. The summed E-state index contributed by atoms with van der Waals surface area (Å²) in [4.78, 5) is 27.9. The van der Waals surface area contributed by atoms with Crippen LogP contribution in [0.2, 0.25) is 0 Å². The van der Waals surface area contributed by atoms with Crippen LogP contribution in [0.5, 0.6) is 11.6 Å². The van der Waals surface area contributed by atoms with E-state index in [1.54, 1.807) is 24.3 Å². The normalized spacial score (nSPS) is 16.2. The Morgan fingerprint density at radius 3 is 2.91 bits per heavy atom. The third-order valence-electron chi connectivity index (χ3n) is 3.66. The highest BCUT2D eigenvalue weighted by Gasteiger charge is 2.28. The van der Waals surface area contributed by atoms with Gasteiger partial charge in [0.25, 0.3) is 0 Å². The maximum Gasteiger partial charge on any atom is 0.311 e. The number of esters is 1. The molecule has 0 radical (unpaired) electrons. The number of hydrogen-bond donors (Lipinski definition) is 1. The number of hydrogen-bond acceptors (Lipinski definition) is 5. The summed E-state index contributed by atoms with van der Waals surface area (Å²) in [5, 5.41) is 2.78. The van der Waals surface area contributed by atoms with Gasteiger partial charge in [-0.2, -0.15) is 0 Å². The van der Waals surface area contributed by atoms with Crippen LogP contribution in [0.3, 0.4) is 0 Å². The summed E-state index contributed by atoms with van der Waals surface area (Å²) in [6.07, 6.45) is 1.93. The Hall–Kier alpha value is -2.89. The number of methoxy groups -OCH3 is 1. The lowest BCUT2D eigenvalue weighted by molar-refractivity contribution is -0.136. The number of ether oxygens (including phenoxy) is 2. The molecular formula is C17H16N2O4. The number of carbonyl (C=O) groups excluding carboxylic acids is 2. The van der Waals surface area contributed by atoms with Crippen molar-refractivity contribution in [2.24, 2.45) is 0 Å². The second kappa shape index (κ2) is 6.48. The molecule has 1 atom stereocenters. The quantitative estimate of drug-likeness (QED) is 0.693. The van der Waals surface area contributed by atoms with Gasteiger partial charge in [-0.1, -0.05) is 18.2 Å². The van der Waals surface area contributed by atoms with Gasteiger partial charge in [0.1, 0.15) is 5.75 Å². The van der Waals surface area contributed by atoms with Crippen molar-refractivity contribution in [3.05, 3.63) is 48.2 Å². The molecule has 1 aromatic heterocycles. The Labute approximate surface area is 133 Å². The number of rotatable bonds is 4. The highest BCUT2D eigenvalue weighted by atomic mass is 16.5. The van der Waals surface area contributed by atoms with Crippen LogP contribution in [0.25, 0.3) is 0 Å². The Bertz CT molecular complexity index is 728. The third-order valence-corrected chi connectivity index (χ3v) is 3.66. The van der Waals surface area contributed by atoms with E-state index in [1.807, 2.05) is 12.1 Å². The molecular weight excluding hydrogens is 296 g/mol. The van der Waals surface area contributed by atoms with Crippen LogP contribution in [0, 0.1) is 0 Å². The number of fused-ring (bicyclic) bond motifs is 1. The summed E-state index contributed by atoms with van der Waals surface area (Å²) in [5.41, 5.74) is 1.47. The van der Waals surface area contributed by atoms with E-state index in [0.717, 1.165) is 5.56 Å². The smallest absolute Gasteiger partial charge is 0.311 e. The first-order valence-electron chi connectivity index (χ1n) is 7.25. The van der Waals surface area contributed by atoms with E-state index in [2.05, 4.69) is 10.3 Å². The monoisotopic (exact) mass is 312 g/mol. The van der Waals surface area contributed by atoms with Crippen molar-refractivity contribution in [2.75, 3.05) is 12.4 Å². The second-order valence-corrected chi connectivity index (χ2v) is 5.25. The van der Waals surface area contributed by atoms with Gasteiger partial charge < -0.3 is 14.8 Å². The molecule has 1 aliphatic rings. The fourth-order valence-electron chi connectivity index (χ4n) is 2.58. The summed E-state index contributed by atoms with van der Waals surface area (Å²) < 4.78 is 10.2. The van der Waals surface area contributed by atoms with Gasteiger partial charge in [0.15, 0.2) is 0 Å². The molecule has 1 aliphatic heterocycles. The molecule has 0 spiro atoms. The molecule has 2 aromatic rings. The van der Waals surface area contributed by atoms with Crippen molar-refractivity contribution >= 4 is 17.6 Å². The van der Waals surface area contributed by atoms with Crippen LogP contribution in [-0.2, 0) is 9.59 Å². The van der Waals surface area contributed by atoms with Crippen molar-refractivity contribution in [3.63, 3.8) is 0 Å². The SMILES string of the molecule is COc1ccc(NC(=O)CC2CC(=O)Oc3ccccc32)cn1. The lowest BCUT2D eigenvalue weighted by Crippen LogP contribution is -2.24. The molecule has 0 aliphatic carbocycles. The van der Waals surface area contributed by atoms with Crippen molar-refractivity contribution in [3.8, 4) is 11.6 Å². The number of nitrogens with one attached hydrogen (secondary N) is 1. The van der Waals surface area contributed by atoms with Gasteiger partial charge in [-0.25, -0.2) is 4.98 Å². The van der Waals surface area contributed by atoms with E-state index >= 15 is 0 Å². The van der Waals surface area contributed by atoms with Gasteiger partial charge in [0, 0.05) is 18.4 Å². The zero-order valence-corrected chi connectivity index (χ0v) is 12.6. The van der Waals surface area contributed by atoms with Gasteiger partial charge in [0.2, 0.25) is 11.8 Å². The number of para-hydroxylation sites is 1. The van der Waals surface area contributed by atoms with Crippen molar-refractivity contribution in [2.45, 2.75) is 18.8 Å². The maximum atomic E-state index is 12.2. The molecule has 1 unspecified atom stereocenters. The average Bonchev–Trinajstić information content (AvgIpc) is 2.55. The number of nitrogens with zero attached hydrogens (tertiary/aromatic N) is 1. The number of anilines is 1. The van der Waals surface area contributed by atoms with Gasteiger partial charge in [0.05, 0.1) is 25.4 Å². The van der Waals surface area contributed by atoms with E-state index < -0.39 is 0 Å². The van der Waals surface area contributed by atoms with Gasteiger partial charge in [-0.15, -0.1) is 0 Å². The number of benzene rings is 1. The molecule has 2 heterocycles. The summed E-state index contributed by atoms with van der Waals surface area (Å²) >= 11 is 0. The first-order valence-corrected chi connectivity index (χ1v) is 7.25. The zero-order chi connectivity index (χ0) is 16.2. The number of aromatic nitrogens is 1. The highest BCUT2D eigenvalue weighted by Crippen LogP contribution is 2.36. The minimum Gasteiger partial charge on any atom is -0.481 e. The Kier molecular flexibility index (Phi) is 4.23. The molecule has 6 nitrogen and oxygen atoms in total.